The molecule has 0 aromatic heterocycles. The molecule has 1 aromatic carbocycles. The maximum Gasteiger partial charge on any atom is 0.383 e. The minimum atomic E-state index is -2.85. The molecule has 0 saturated heterocycles. The van der Waals surface area contributed by atoms with Gasteiger partial charge in [0.25, 0.3) is 11.7 Å². The molecule has 1 saturated carbocycles. The summed E-state index contributed by atoms with van der Waals surface area (Å²) in [5, 5.41) is 11.6. The number of amidine groups is 1. The Morgan fingerprint density at radius 3 is 2.74 bits per heavy atom. The van der Waals surface area contributed by atoms with Gasteiger partial charge in [-0.05, 0) is 47.5 Å². The number of halogens is 2. The molecule has 2 N–H and O–H groups in total. The van der Waals surface area contributed by atoms with Gasteiger partial charge in [0, 0.05) is 48.4 Å². The molecule has 2 aliphatic heterocycles. The quantitative estimate of drug-likeness (QED) is 0.480. The van der Waals surface area contributed by atoms with E-state index >= 15 is 0 Å². The molecular weight excluding hydrogens is 476 g/mol. The molecular formula is C24H22F2N5O3S+. The molecule has 3 aliphatic rings. The lowest BCUT2D eigenvalue weighted by Crippen LogP contribution is -2.29. The fourth-order valence-corrected chi connectivity index (χ4v) is 4.16. The van der Waals surface area contributed by atoms with Gasteiger partial charge in [-0.15, -0.1) is 0 Å². The summed E-state index contributed by atoms with van der Waals surface area (Å²) < 4.78 is 35.6. The van der Waals surface area contributed by atoms with E-state index in [1.807, 2.05) is 0 Å². The standard InChI is InChI=1S/C24H21F2N5O3S/c1-13(32)28-15-7-8-16(17(10-15)18-11-19(22(25)26)27-12-20(18)34-3)23(33)29-24-30-31(2)21(35-24)9-6-14-4-5-14/h7-8,10-11,14,21-22H,4-5H2,1-3H3,(H-,28,29,30,32,33)/p+1. The number of hydrazone groups is 1. The number of carbonyl (C=O) groups is 2. The smallest absolute Gasteiger partial charge is 0.383 e. The summed E-state index contributed by atoms with van der Waals surface area (Å²) in [5.41, 5.74) is 0.459. The first-order valence-electron chi connectivity index (χ1n) is 10.7. The topological polar surface area (TPSA) is 97.1 Å². The van der Waals surface area contributed by atoms with Crippen molar-refractivity contribution in [2.45, 2.75) is 31.6 Å². The van der Waals surface area contributed by atoms with Crippen LogP contribution in [0, 0.1) is 17.8 Å². The van der Waals surface area contributed by atoms with Gasteiger partial charge in [0.05, 0.1) is 7.11 Å². The lowest BCUT2D eigenvalue weighted by Gasteiger charge is -2.15. The lowest BCUT2D eigenvalue weighted by atomic mass is 9.95. The van der Waals surface area contributed by atoms with Crippen molar-refractivity contribution in [3.8, 4) is 11.8 Å². The summed E-state index contributed by atoms with van der Waals surface area (Å²) in [4.78, 5) is 24.8. The van der Waals surface area contributed by atoms with Crippen LogP contribution < -0.4 is 15.3 Å². The van der Waals surface area contributed by atoms with Crippen molar-refractivity contribution < 1.29 is 23.1 Å². The van der Waals surface area contributed by atoms with Crippen LogP contribution in [-0.4, -0.2) is 59.5 Å². The van der Waals surface area contributed by atoms with Crippen molar-refractivity contribution in [3.63, 3.8) is 0 Å². The van der Waals surface area contributed by atoms with Crippen molar-refractivity contribution in [2.24, 2.45) is 11.0 Å². The van der Waals surface area contributed by atoms with E-state index in [2.05, 4.69) is 38.1 Å². The Morgan fingerprint density at radius 1 is 1.31 bits per heavy atom. The van der Waals surface area contributed by atoms with E-state index in [1.165, 1.54) is 37.9 Å². The number of methoxy groups -OCH3 is 1. The lowest BCUT2D eigenvalue weighted by molar-refractivity contribution is -0.114. The Hall–Kier alpha value is -3.83. The molecule has 1 atom stereocenters. The molecule has 11 heteroatoms. The highest BCUT2D eigenvalue weighted by atomic mass is 32.2. The number of hydrogen-bond acceptors (Lipinski definition) is 6. The van der Waals surface area contributed by atoms with E-state index in [9.17, 15) is 18.4 Å². The zero-order chi connectivity index (χ0) is 25.1. The van der Waals surface area contributed by atoms with Gasteiger partial charge in [0.15, 0.2) is 10.5 Å². The van der Waals surface area contributed by atoms with E-state index in [1.54, 1.807) is 18.1 Å². The van der Waals surface area contributed by atoms with Crippen LogP contribution in [0.25, 0.3) is 5.57 Å². The van der Waals surface area contributed by atoms with Gasteiger partial charge < -0.3 is 10.1 Å². The fraction of sp³-hybridized carbons (Fsp3) is 0.333. The van der Waals surface area contributed by atoms with Gasteiger partial charge in [-0.2, -0.15) is 13.9 Å². The van der Waals surface area contributed by atoms with Crippen molar-refractivity contribution in [2.75, 3.05) is 19.5 Å². The van der Waals surface area contributed by atoms with Crippen LogP contribution in [0.4, 0.5) is 14.5 Å². The number of benzene rings is 1. The minimum Gasteiger partial charge on any atom is -0.484 e. The third-order valence-corrected chi connectivity index (χ3v) is 6.20. The van der Waals surface area contributed by atoms with Crippen molar-refractivity contribution in [1.29, 1.82) is 0 Å². The van der Waals surface area contributed by atoms with E-state index in [0.29, 0.717) is 16.8 Å². The SMILES string of the molecule is COC1=C=[N+]=C(C(F)F)C=C1c1cc(NC(C)=O)ccc1C(=O)NC1=NN(C)C(C#CC2CC2)S1. The second-order valence-corrected chi connectivity index (χ2v) is 9.02. The van der Waals surface area contributed by atoms with Crippen molar-refractivity contribution in [3.05, 3.63) is 41.2 Å². The Balaban J connectivity index is 1.65. The predicted molar refractivity (Wildman–Crippen MR) is 132 cm³/mol. The van der Waals surface area contributed by atoms with Crippen LogP contribution in [0.1, 0.15) is 35.7 Å². The largest absolute Gasteiger partial charge is 0.484 e. The first-order valence-corrected chi connectivity index (χ1v) is 11.6. The highest BCUT2D eigenvalue weighted by Gasteiger charge is 2.31. The summed E-state index contributed by atoms with van der Waals surface area (Å²) in [6.45, 7) is 1.34. The molecule has 1 aliphatic carbocycles. The normalized spacial score (nSPS) is 18.7. The maximum atomic E-state index is 13.4. The second-order valence-electron chi connectivity index (χ2n) is 7.95. The Bertz CT molecular complexity index is 1310. The molecule has 35 heavy (non-hydrogen) atoms. The van der Waals surface area contributed by atoms with Gasteiger partial charge in [0.2, 0.25) is 5.91 Å². The van der Waals surface area contributed by atoms with Crippen LogP contribution in [0.15, 0.2) is 35.1 Å². The van der Waals surface area contributed by atoms with Gasteiger partial charge in [-0.25, -0.2) is 0 Å². The fourth-order valence-electron chi connectivity index (χ4n) is 3.29. The molecule has 4 rings (SSSR count). The van der Waals surface area contributed by atoms with Crippen LogP contribution >= 0.6 is 11.8 Å². The van der Waals surface area contributed by atoms with Crippen LogP contribution in [0.2, 0.25) is 0 Å². The molecule has 0 spiro atoms. The third kappa shape index (κ3) is 5.81. The summed E-state index contributed by atoms with van der Waals surface area (Å²) in [7, 11) is 3.12. The third-order valence-electron chi connectivity index (χ3n) is 5.15. The number of thioether (sulfide) groups is 1. The van der Waals surface area contributed by atoms with Gasteiger partial charge >= 0.3 is 18.0 Å². The molecule has 0 radical (unpaired) electrons. The number of amides is 2. The number of rotatable bonds is 5. The molecule has 1 unspecified atom stereocenters. The van der Waals surface area contributed by atoms with Crippen LogP contribution in [-0.2, 0) is 9.53 Å². The molecule has 0 bridgehead atoms. The number of nitrogens with one attached hydrogen (secondary N) is 2. The molecule has 2 amide bonds. The Kier molecular flexibility index (Phi) is 7.08. The van der Waals surface area contributed by atoms with E-state index < -0.39 is 18.0 Å². The van der Waals surface area contributed by atoms with Crippen LogP contribution in [0.3, 0.4) is 0 Å². The summed E-state index contributed by atoms with van der Waals surface area (Å²) in [6.07, 6.45) is 0.515. The molecule has 1 fully saturated rings. The molecule has 180 valence electrons. The number of allylic oxidation sites excluding steroid dienone is 2. The highest BCUT2D eigenvalue weighted by Crippen LogP contribution is 2.31. The van der Waals surface area contributed by atoms with Gasteiger partial charge in [0.1, 0.15) is 0 Å². The zero-order valence-corrected chi connectivity index (χ0v) is 20.0. The Morgan fingerprint density at radius 2 is 2.09 bits per heavy atom. The average molecular weight is 499 g/mol. The predicted octanol–water partition coefficient (Wildman–Crippen LogP) is 2.43. The first kappa shape index (κ1) is 24.3. The number of nitrogens with zero attached hydrogens (tertiary/aromatic N) is 3. The van der Waals surface area contributed by atoms with E-state index in [-0.39, 0.29) is 33.7 Å². The summed E-state index contributed by atoms with van der Waals surface area (Å²) >= 11 is 1.31. The number of alkyl halides is 2. The van der Waals surface area contributed by atoms with Gasteiger partial charge in [-0.3, -0.25) is 19.9 Å². The number of carbonyl (C=O) groups excluding carboxylic acids is 2. The van der Waals surface area contributed by atoms with Crippen molar-refractivity contribution in [1.82, 2.24) is 15.0 Å². The number of hydrogen-bond donors (Lipinski definition) is 2. The van der Waals surface area contributed by atoms with E-state index in [0.717, 1.165) is 18.9 Å². The minimum absolute atomic E-state index is 0.0751. The highest BCUT2D eigenvalue weighted by molar-refractivity contribution is 8.14. The molecule has 1 aromatic rings. The average Bonchev–Trinajstić information content (AvgIpc) is 3.58. The number of ether oxygens (including phenoxy) is 1. The first-order chi connectivity index (χ1) is 16.7. The zero-order valence-electron chi connectivity index (χ0n) is 19.2. The van der Waals surface area contributed by atoms with E-state index in [4.69, 9.17) is 4.74 Å². The second kappa shape index (κ2) is 10.2. The molecule has 8 nitrogen and oxygen atoms in total. The maximum absolute atomic E-state index is 13.4. The monoisotopic (exact) mass is 498 g/mol. The summed E-state index contributed by atoms with van der Waals surface area (Å²) in [5.74, 6) is 8.49. The Labute approximate surface area is 204 Å². The summed E-state index contributed by atoms with van der Waals surface area (Å²) in [6, 6.07) is 4.55. The van der Waals surface area contributed by atoms with Gasteiger partial charge in [-0.1, -0.05) is 11.8 Å². The van der Waals surface area contributed by atoms with Crippen molar-refractivity contribution >= 4 is 51.6 Å². The van der Waals surface area contributed by atoms with Crippen LogP contribution in [0.5, 0.6) is 0 Å². The molecule has 2 heterocycles. The number of anilines is 1.